The first-order chi connectivity index (χ1) is 12.9. The van der Waals surface area contributed by atoms with Crippen LogP contribution >= 0.6 is 0 Å². The molecular formula is C21H25N5O. The van der Waals surface area contributed by atoms with Gasteiger partial charge in [0.2, 0.25) is 5.91 Å². The summed E-state index contributed by atoms with van der Waals surface area (Å²) in [7, 11) is 0. The third-order valence-corrected chi connectivity index (χ3v) is 4.38. The molecule has 0 saturated heterocycles. The average Bonchev–Trinajstić information content (AvgIpc) is 3.04. The van der Waals surface area contributed by atoms with Gasteiger partial charge in [-0.3, -0.25) is 4.79 Å². The van der Waals surface area contributed by atoms with Crippen LogP contribution < -0.4 is 5.32 Å². The van der Waals surface area contributed by atoms with Crippen molar-refractivity contribution in [3.8, 4) is 5.69 Å². The zero-order valence-corrected chi connectivity index (χ0v) is 16.2. The molecule has 140 valence electrons. The number of rotatable bonds is 6. The lowest BCUT2D eigenvalue weighted by atomic mass is 10.0. The van der Waals surface area contributed by atoms with Gasteiger partial charge in [-0.1, -0.05) is 44.2 Å². The van der Waals surface area contributed by atoms with Crippen LogP contribution in [0.4, 0.5) is 5.69 Å². The fraction of sp³-hybridized carbons (Fsp3) is 0.333. The van der Waals surface area contributed by atoms with Crippen molar-refractivity contribution in [1.82, 2.24) is 20.2 Å². The first kappa shape index (κ1) is 18.8. The number of hydrogen-bond acceptors (Lipinski definition) is 4. The number of anilines is 1. The number of carbonyl (C=O) groups excluding carboxylic acids is 1. The van der Waals surface area contributed by atoms with Crippen molar-refractivity contribution >= 4 is 11.6 Å². The van der Waals surface area contributed by atoms with E-state index in [2.05, 4.69) is 46.8 Å². The normalized spacial score (nSPS) is 11.0. The number of aromatic nitrogens is 4. The molecular weight excluding hydrogens is 338 g/mol. The molecule has 1 heterocycles. The number of nitrogens with one attached hydrogen (secondary N) is 1. The Hall–Kier alpha value is -3.02. The van der Waals surface area contributed by atoms with Crippen molar-refractivity contribution in [2.45, 2.75) is 40.5 Å². The molecule has 0 unspecified atom stereocenters. The Morgan fingerprint density at radius 3 is 2.41 bits per heavy atom. The van der Waals surface area contributed by atoms with Crippen molar-refractivity contribution in [3.63, 3.8) is 0 Å². The summed E-state index contributed by atoms with van der Waals surface area (Å²) >= 11 is 0. The van der Waals surface area contributed by atoms with Gasteiger partial charge in [0.05, 0.1) is 12.1 Å². The van der Waals surface area contributed by atoms with E-state index in [0.717, 1.165) is 28.9 Å². The maximum absolute atomic E-state index is 12.4. The zero-order chi connectivity index (χ0) is 19.4. The molecule has 1 aromatic heterocycles. The van der Waals surface area contributed by atoms with Crippen molar-refractivity contribution in [3.05, 3.63) is 65.0 Å². The first-order valence-corrected chi connectivity index (χ1v) is 9.16. The molecule has 0 aliphatic rings. The van der Waals surface area contributed by atoms with E-state index in [9.17, 15) is 4.79 Å². The number of amides is 1. The fourth-order valence-electron chi connectivity index (χ4n) is 3.02. The molecule has 0 atom stereocenters. The summed E-state index contributed by atoms with van der Waals surface area (Å²) in [5, 5.41) is 14.6. The van der Waals surface area contributed by atoms with E-state index in [1.807, 2.05) is 44.2 Å². The Labute approximate surface area is 159 Å². The van der Waals surface area contributed by atoms with Crippen LogP contribution in [0.1, 0.15) is 36.4 Å². The molecule has 1 N–H and O–H groups in total. The van der Waals surface area contributed by atoms with Crippen LogP contribution in [0, 0.1) is 19.8 Å². The number of carbonyl (C=O) groups is 1. The van der Waals surface area contributed by atoms with Gasteiger partial charge in [-0.15, -0.1) is 5.10 Å². The minimum absolute atomic E-state index is 0.0464. The summed E-state index contributed by atoms with van der Waals surface area (Å²) in [5.41, 5.74) is 4.92. The minimum atomic E-state index is -0.0464. The van der Waals surface area contributed by atoms with E-state index in [-0.39, 0.29) is 5.91 Å². The van der Waals surface area contributed by atoms with E-state index in [1.165, 1.54) is 5.56 Å². The Morgan fingerprint density at radius 1 is 1.07 bits per heavy atom. The Kier molecular flexibility index (Phi) is 5.64. The maximum Gasteiger partial charge on any atom is 0.228 e. The second-order valence-electron chi connectivity index (χ2n) is 7.28. The molecule has 0 bridgehead atoms. The van der Waals surface area contributed by atoms with Crippen LogP contribution in [-0.2, 0) is 17.6 Å². The van der Waals surface area contributed by atoms with E-state index < -0.39 is 0 Å². The second-order valence-corrected chi connectivity index (χ2v) is 7.28. The van der Waals surface area contributed by atoms with Gasteiger partial charge in [-0.05, 0) is 65.4 Å². The predicted molar refractivity (Wildman–Crippen MR) is 106 cm³/mol. The molecule has 27 heavy (non-hydrogen) atoms. The molecule has 0 fully saturated rings. The van der Waals surface area contributed by atoms with Gasteiger partial charge in [0.1, 0.15) is 0 Å². The average molecular weight is 363 g/mol. The summed E-state index contributed by atoms with van der Waals surface area (Å²) in [6.45, 7) is 8.23. The van der Waals surface area contributed by atoms with Crippen molar-refractivity contribution < 1.29 is 4.79 Å². The SMILES string of the molecule is Cc1ccc(NC(=O)Cc2ccc(CC(C)C)cc2)cc1-n1nnnc1C. The maximum atomic E-state index is 12.4. The van der Waals surface area contributed by atoms with Gasteiger partial charge in [0, 0.05) is 5.69 Å². The molecule has 1 amide bonds. The third-order valence-electron chi connectivity index (χ3n) is 4.38. The van der Waals surface area contributed by atoms with Crippen LogP contribution in [0.2, 0.25) is 0 Å². The summed E-state index contributed by atoms with van der Waals surface area (Å²) in [6.07, 6.45) is 1.39. The highest BCUT2D eigenvalue weighted by Gasteiger charge is 2.10. The van der Waals surface area contributed by atoms with Crippen LogP contribution in [-0.4, -0.2) is 26.1 Å². The summed E-state index contributed by atoms with van der Waals surface area (Å²) in [5.74, 6) is 1.27. The van der Waals surface area contributed by atoms with E-state index >= 15 is 0 Å². The molecule has 0 aliphatic carbocycles. The van der Waals surface area contributed by atoms with Crippen molar-refractivity contribution in [2.75, 3.05) is 5.32 Å². The topological polar surface area (TPSA) is 72.7 Å². The molecule has 0 radical (unpaired) electrons. The molecule has 6 heteroatoms. The number of tetrazole rings is 1. The molecule has 3 aromatic rings. The standard InChI is InChI=1S/C21H25N5O/c1-14(2)11-17-6-8-18(9-7-17)12-21(27)22-19-10-5-15(3)20(13-19)26-16(4)23-24-25-26/h5-10,13-14H,11-12H2,1-4H3,(H,22,27). The van der Waals surface area contributed by atoms with Gasteiger partial charge in [0.25, 0.3) is 0 Å². The molecule has 0 spiro atoms. The van der Waals surface area contributed by atoms with Crippen molar-refractivity contribution in [2.24, 2.45) is 5.92 Å². The number of hydrogen-bond donors (Lipinski definition) is 1. The highest BCUT2D eigenvalue weighted by Crippen LogP contribution is 2.20. The van der Waals surface area contributed by atoms with Crippen LogP contribution in [0.25, 0.3) is 5.69 Å². The first-order valence-electron chi connectivity index (χ1n) is 9.16. The van der Waals surface area contributed by atoms with Gasteiger partial charge in [-0.2, -0.15) is 4.68 Å². The molecule has 2 aromatic carbocycles. The Balaban J connectivity index is 1.68. The van der Waals surface area contributed by atoms with Crippen LogP contribution in [0.3, 0.4) is 0 Å². The summed E-state index contributed by atoms with van der Waals surface area (Å²) < 4.78 is 1.67. The summed E-state index contributed by atoms with van der Waals surface area (Å²) in [4.78, 5) is 12.4. The van der Waals surface area contributed by atoms with Crippen molar-refractivity contribution in [1.29, 1.82) is 0 Å². The highest BCUT2D eigenvalue weighted by molar-refractivity contribution is 5.92. The smallest absolute Gasteiger partial charge is 0.228 e. The monoisotopic (exact) mass is 363 g/mol. The Morgan fingerprint density at radius 2 is 1.78 bits per heavy atom. The number of nitrogens with zero attached hydrogens (tertiary/aromatic N) is 4. The molecule has 6 nitrogen and oxygen atoms in total. The second kappa shape index (κ2) is 8.12. The molecule has 3 rings (SSSR count). The van der Waals surface area contributed by atoms with E-state index in [0.29, 0.717) is 18.2 Å². The van der Waals surface area contributed by atoms with E-state index in [1.54, 1.807) is 4.68 Å². The summed E-state index contributed by atoms with van der Waals surface area (Å²) in [6, 6.07) is 14.0. The minimum Gasteiger partial charge on any atom is -0.326 e. The highest BCUT2D eigenvalue weighted by atomic mass is 16.1. The lowest BCUT2D eigenvalue weighted by Gasteiger charge is -2.11. The van der Waals surface area contributed by atoms with Gasteiger partial charge < -0.3 is 5.32 Å². The zero-order valence-electron chi connectivity index (χ0n) is 16.2. The lowest BCUT2D eigenvalue weighted by Crippen LogP contribution is -2.15. The predicted octanol–water partition coefficient (Wildman–Crippen LogP) is 3.66. The molecule has 0 saturated carbocycles. The fourth-order valence-corrected chi connectivity index (χ4v) is 3.02. The Bertz CT molecular complexity index is 928. The van der Waals surface area contributed by atoms with Crippen LogP contribution in [0.15, 0.2) is 42.5 Å². The third kappa shape index (κ3) is 4.78. The lowest BCUT2D eigenvalue weighted by molar-refractivity contribution is -0.115. The van der Waals surface area contributed by atoms with Crippen LogP contribution in [0.5, 0.6) is 0 Å². The molecule has 0 aliphatic heterocycles. The van der Waals surface area contributed by atoms with Gasteiger partial charge in [0.15, 0.2) is 5.82 Å². The van der Waals surface area contributed by atoms with Gasteiger partial charge >= 0.3 is 0 Å². The van der Waals surface area contributed by atoms with E-state index in [4.69, 9.17) is 0 Å². The van der Waals surface area contributed by atoms with Gasteiger partial charge in [-0.25, -0.2) is 0 Å². The largest absolute Gasteiger partial charge is 0.326 e. The number of benzene rings is 2. The number of aryl methyl sites for hydroxylation is 2. The quantitative estimate of drug-likeness (QED) is 0.725.